The quantitative estimate of drug-likeness (QED) is 0.742. The van der Waals surface area contributed by atoms with Crippen molar-refractivity contribution in [2.45, 2.75) is 39.2 Å². The molecule has 0 spiro atoms. The van der Waals surface area contributed by atoms with Crippen molar-refractivity contribution in [1.29, 1.82) is 0 Å². The number of nitrogens with two attached hydrogens (primary N) is 1. The van der Waals surface area contributed by atoms with Gasteiger partial charge < -0.3 is 11.1 Å². The van der Waals surface area contributed by atoms with Gasteiger partial charge in [0.2, 0.25) is 0 Å². The highest BCUT2D eigenvalue weighted by molar-refractivity contribution is 5.70. The lowest BCUT2D eigenvalue weighted by Crippen LogP contribution is -2.31. The number of hydrogen-bond donors (Lipinski definition) is 2. The number of aryl methyl sites for hydroxylation is 1. The van der Waals surface area contributed by atoms with Gasteiger partial charge in [0.25, 0.3) is 0 Å². The van der Waals surface area contributed by atoms with E-state index < -0.39 is 0 Å². The Balaban J connectivity index is 2.09. The van der Waals surface area contributed by atoms with E-state index in [1.54, 1.807) is 0 Å². The van der Waals surface area contributed by atoms with Gasteiger partial charge in [0.05, 0.1) is 11.4 Å². The molecule has 1 aromatic rings. The normalized spacial score (nSPS) is 18.3. The van der Waals surface area contributed by atoms with Gasteiger partial charge in [0, 0.05) is 6.04 Å². The smallest absolute Gasteiger partial charge is 0.0605 e. The van der Waals surface area contributed by atoms with Crippen molar-refractivity contribution in [3.8, 4) is 0 Å². The molecule has 2 rings (SSSR count). The summed E-state index contributed by atoms with van der Waals surface area (Å²) in [6.07, 6.45) is 4.11. The van der Waals surface area contributed by atoms with Crippen LogP contribution < -0.4 is 11.1 Å². The third-order valence-electron chi connectivity index (χ3n) is 3.53. The van der Waals surface area contributed by atoms with Crippen LogP contribution in [0, 0.1) is 12.8 Å². The predicted molar refractivity (Wildman–Crippen MR) is 66.0 cm³/mol. The van der Waals surface area contributed by atoms with Gasteiger partial charge in [-0.15, -0.1) is 0 Å². The zero-order valence-corrected chi connectivity index (χ0v) is 9.59. The van der Waals surface area contributed by atoms with Crippen LogP contribution in [0.3, 0.4) is 0 Å². The molecule has 0 saturated heterocycles. The molecule has 0 radical (unpaired) electrons. The highest BCUT2D eigenvalue weighted by atomic mass is 14.9. The molecule has 1 aliphatic carbocycles. The van der Waals surface area contributed by atoms with E-state index in [1.807, 2.05) is 12.1 Å². The van der Waals surface area contributed by atoms with Crippen LogP contribution in [0.4, 0.5) is 11.4 Å². The summed E-state index contributed by atoms with van der Waals surface area (Å²) in [4.78, 5) is 0. The Morgan fingerprint density at radius 2 is 2.13 bits per heavy atom. The van der Waals surface area contributed by atoms with Gasteiger partial charge in [0.15, 0.2) is 0 Å². The molecule has 0 aliphatic heterocycles. The van der Waals surface area contributed by atoms with E-state index in [0.29, 0.717) is 6.04 Å². The Morgan fingerprint density at radius 3 is 2.67 bits per heavy atom. The molecule has 1 fully saturated rings. The zero-order valence-electron chi connectivity index (χ0n) is 9.59. The summed E-state index contributed by atoms with van der Waals surface area (Å²) in [5, 5.41) is 3.56. The van der Waals surface area contributed by atoms with E-state index in [2.05, 4.69) is 25.2 Å². The molecule has 15 heavy (non-hydrogen) atoms. The maximum Gasteiger partial charge on any atom is 0.0605 e. The van der Waals surface area contributed by atoms with E-state index >= 15 is 0 Å². The van der Waals surface area contributed by atoms with E-state index in [-0.39, 0.29) is 0 Å². The van der Waals surface area contributed by atoms with Gasteiger partial charge >= 0.3 is 0 Å². The van der Waals surface area contributed by atoms with Crippen molar-refractivity contribution < 1.29 is 0 Å². The molecule has 1 atom stereocenters. The minimum absolute atomic E-state index is 0.544. The molecule has 0 aromatic heterocycles. The fourth-order valence-corrected chi connectivity index (χ4v) is 2.17. The fraction of sp³-hybridized carbons (Fsp3) is 0.538. The van der Waals surface area contributed by atoms with Gasteiger partial charge in [-0.05, 0) is 44.2 Å². The second-order valence-corrected chi connectivity index (χ2v) is 4.66. The number of nitrogens with one attached hydrogen (secondary N) is 1. The standard InChI is InChI=1S/C13H20N2/c1-9-5-3-8-12(14)13(9)15-10(2)11-6-4-7-11/h3,5,8,10-11,15H,4,6-7,14H2,1-2H3. The van der Waals surface area contributed by atoms with Gasteiger partial charge in [0.1, 0.15) is 0 Å². The van der Waals surface area contributed by atoms with Gasteiger partial charge in [-0.25, -0.2) is 0 Å². The Bertz CT molecular complexity index is 322. The van der Waals surface area contributed by atoms with Crippen molar-refractivity contribution in [3.05, 3.63) is 23.8 Å². The molecule has 82 valence electrons. The van der Waals surface area contributed by atoms with Crippen LogP contribution >= 0.6 is 0 Å². The average molecular weight is 204 g/mol. The third kappa shape index (κ3) is 2.09. The van der Waals surface area contributed by atoms with Gasteiger partial charge in [-0.2, -0.15) is 0 Å². The van der Waals surface area contributed by atoms with Crippen molar-refractivity contribution >= 4 is 11.4 Å². The Hall–Kier alpha value is -1.18. The van der Waals surface area contributed by atoms with Crippen LogP contribution in [-0.2, 0) is 0 Å². The second kappa shape index (κ2) is 4.13. The summed E-state index contributed by atoms with van der Waals surface area (Å²) in [6.45, 7) is 4.36. The maximum absolute atomic E-state index is 5.97. The minimum Gasteiger partial charge on any atom is -0.397 e. The lowest BCUT2D eigenvalue weighted by molar-refractivity contribution is 0.285. The molecule has 3 N–H and O–H groups in total. The topological polar surface area (TPSA) is 38.0 Å². The predicted octanol–water partition coefficient (Wildman–Crippen LogP) is 3.18. The van der Waals surface area contributed by atoms with E-state index in [0.717, 1.165) is 17.3 Å². The van der Waals surface area contributed by atoms with Crippen LogP contribution in [0.1, 0.15) is 31.7 Å². The first-order valence-corrected chi connectivity index (χ1v) is 5.80. The van der Waals surface area contributed by atoms with Crippen LogP contribution in [0.5, 0.6) is 0 Å². The zero-order chi connectivity index (χ0) is 10.8. The molecular formula is C13H20N2. The first kappa shape index (κ1) is 10.3. The monoisotopic (exact) mass is 204 g/mol. The highest BCUT2D eigenvalue weighted by Gasteiger charge is 2.24. The largest absolute Gasteiger partial charge is 0.397 e. The number of hydrogen-bond acceptors (Lipinski definition) is 2. The van der Waals surface area contributed by atoms with Gasteiger partial charge in [-0.1, -0.05) is 18.6 Å². The number of anilines is 2. The molecule has 2 nitrogen and oxygen atoms in total. The Kier molecular flexibility index (Phi) is 2.85. The number of nitrogen functional groups attached to an aromatic ring is 1. The fourth-order valence-electron chi connectivity index (χ4n) is 2.17. The summed E-state index contributed by atoms with van der Waals surface area (Å²) in [5.74, 6) is 0.837. The molecule has 1 aliphatic rings. The Labute approximate surface area is 91.9 Å². The molecule has 2 heteroatoms. The SMILES string of the molecule is Cc1cccc(N)c1NC(C)C1CCC1. The van der Waals surface area contributed by atoms with Crippen molar-refractivity contribution in [2.24, 2.45) is 5.92 Å². The molecule has 1 unspecified atom stereocenters. The van der Waals surface area contributed by atoms with Crippen LogP contribution in [0.2, 0.25) is 0 Å². The van der Waals surface area contributed by atoms with Gasteiger partial charge in [-0.3, -0.25) is 0 Å². The second-order valence-electron chi connectivity index (χ2n) is 4.66. The van der Waals surface area contributed by atoms with Crippen molar-refractivity contribution in [1.82, 2.24) is 0 Å². The summed E-state index contributed by atoms with van der Waals surface area (Å²) in [5.41, 5.74) is 9.19. The van der Waals surface area contributed by atoms with Crippen LogP contribution in [-0.4, -0.2) is 6.04 Å². The first-order chi connectivity index (χ1) is 7.18. The molecular weight excluding hydrogens is 184 g/mol. The van der Waals surface area contributed by atoms with Crippen LogP contribution in [0.15, 0.2) is 18.2 Å². The maximum atomic E-state index is 5.97. The van der Waals surface area contributed by atoms with E-state index in [4.69, 9.17) is 5.73 Å². The summed E-state index contributed by atoms with van der Waals surface area (Å²) in [6, 6.07) is 6.61. The summed E-state index contributed by atoms with van der Waals surface area (Å²) >= 11 is 0. The molecule has 0 heterocycles. The summed E-state index contributed by atoms with van der Waals surface area (Å²) in [7, 11) is 0. The molecule has 0 bridgehead atoms. The molecule has 1 saturated carbocycles. The van der Waals surface area contributed by atoms with Crippen LogP contribution in [0.25, 0.3) is 0 Å². The van der Waals surface area contributed by atoms with E-state index in [9.17, 15) is 0 Å². The van der Waals surface area contributed by atoms with Crippen molar-refractivity contribution in [3.63, 3.8) is 0 Å². The highest BCUT2D eigenvalue weighted by Crippen LogP contribution is 2.32. The number of para-hydroxylation sites is 1. The average Bonchev–Trinajstić information content (AvgIpc) is 2.08. The number of rotatable bonds is 3. The first-order valence-electron chi connectivity index (χ1n) is 5.80. The molecule has 1 aromatic carbocycles. The third-order valence-corrected chi connectivity index (χ3v) is 3.53. The minimum atomic E-state index is 0.544. The van der Waals surface area contributed by atoms with Crippen molar-refractivity contribution in [2.75, 3.05) is 11.1 Å². The lowest BCUT2D eigenvalue weighted by atomic mass is 9.80. The number of benzene rings is 1. The lowest BCUT2D eigenvalue weighted by Gasteiger charge is -2.33. The van der Waals surface area contributed by atoms with E-state index in [1.165, 1.54) is 24.8 Å². The summed E-state index contributed by atoms with van der Waals surface area (Å²) < 4.78 is 0. The molecule has 0 amide bonds. The Morgan fingerprint density at radius 1 is 1.40 bits per heavy atom.